The number of carbonyl (C=O) groups excluding carboxylic acids is 2. The monoisotopic (exact) mass is 607 g/mol. The lowest BCUT2D eigenvalue weighted by Crippen LogP contribution is -2.32. The minimum Gasteiger partial charge on any atom is -0.492 e. The molecule has 3 aromatic rings. The van der Waals surface area contributed by atoms with Gasteiger partial charge >= 0.3 is 5.97 Å². The number of nitrogens with zero attached hydrogens (tertiary/aromatic N) is 2. The molecule has 0 bridgehead atoms. The van der Waals surface area contributed by atoms with Crippen LogP contribution in [-0.4, -0.2) is 55.8 Å². The van der Waals surface area contributed by atoms with Crippen LogP contribution in [0, 0.1) is 12.8 Å². The molecule has 0 saturated heterocycles. The number of benzene rings is 2. The molecule has 0 unspecified atom stereocenters. The average molecular weight is 608 g/mol. The lowest BCUT2D eigenvalue weighted by molar-refractivity contribution is -0.163. The predicted molar refractivity (Wildman–Crippen MR) is 164 cm³/mol. The number of ether oxygens (including phenoxy) is 3. The molecular weight excluding hydrogens is 570 g/mol. The first kappa shape index (κ1) is 30.6. The van der Waals surface area contributed by atoms with Crippen LogP contribution in [0.25, 0.3) is 22.4 Å². The summed E-state index contributed by atoms with van der Waals surface area (Å²) >= 11 is 6.51. The van der Waals surface area contributed by atoms with Crippen LogP contribution in [-0.2, 0) is 20.8 Å². The lowest BCUT2D eigenvalue weighted by atomic mass is 9.89. The fourth-order valence-corrected chi connectivity index (χ4v) is 5.59. The van der Waals surface area contributed by atoms with Gasteiger partial charge in [-0.05, 0) is 81.7 Å². The van der Waals surface area contributed by atoms with E-state index >= 15 is 0 Å². The molecule has 2 heterocycles. The fraction of sp³-hybridized carbons (Fsp3) is 0.424. The number of hydrogen-bond acceptors (Lipinski definition) is 8. The smallest absolute Gasteiger partial charge is 0.335 e. The van der Waals surface area contributed by atoms with Crippen LogP contribution in [0.2, 0.25) is 5.02 Å². The third kappa shape index (κ3) is 7.77. The van der Waals surface area contributed by atoms with Gasteiger partial charge in [0.15, 0.2) is 11.5 Å². The average Bonchev–Trinajstić information content (AvgIpc) is 3.46. The molecule has 1 amide bonds. The quantitative estimate of drug-likeness (QED) is 0.217. The second-order valence-electron chi connectivity index (χ2n) is 11.3. The van der Waals surface area contributed by atoms with E-state index in [4.69, 9.17) is 35.6 Å². The van der Waals surface area contributed by atoms with E-state index in [2.05, 4.69) is 10.4 Å². The highest BCUT2D eigenvalue weighted by atomic mass is 35.5. The molecule has 1 fully saturated rings. The maximum atomic E-state index is 12.8. The number of aryl methyl sites for hydroxylation is 1. The molecule has 1 aromatic heterocycles. The Kier molecular flexibility index (Phi) is 10.0. The van der Waals surface area contributed by atoms with Gasteiger partial charge in [-0.3, -0.25) is 9.78 Å². The molecule has 9 nitrogen and oxygen atoms in total. The fourth-order valence-electron chi connectivity index (χ4n) is 5.42. The summed E-state index contributed by atoms with van der Waals surface area (Å²) in [5, 5.41) is 0.504. The van der Waals surface area contributed by atoms with E-state index in [9.17, 15) is 9.59 Å². The molecule has 0 atom stereocenters. The molecule has 1 saturated carbocycles. The van der Waals surface area contributed by atoms with Crippen LogP contribution in [0.1, 0.15) is 49.8 Å². The van der Waals surface area contributed by atoms with E-state index in [-0.39, 0.29) is 25.1 Å². The van der Waals surface area contributed by atoms with E-state index < -0.39 is 5.91 Å². The zero-order chi connectivity index (χ0) is 30.3. The SMILES string of the molecule is Cc1cc2c(cc1-c1ccc(CC(=O)NOC(=O)C3CCCCC3)nc1-c1ccc(Cl)c(OCCCN(C)C)c1)OCO2. The van der Waals surface area contributed by atoms with Gasteiger partial charge in [0.25, 0.3) is 5.91 Å². The van der Waals surface area contributed by atoms with Gasteiger partial charge in [-0.15, -0.1) is 0 Å². The number of halogens is 1. The molecule has 1 aliphatic heterocycles. The Morgan fingerprint density at radius 2 is 1.79 bits per heavy atom. The summed E-state index contributed by atoms with van der Waals surface area (Å²) < 4.78 is 17.3. The topological polar surface area (TPSA) is 99.2 Å². The summed E-state index contributed by atoms with van der Waals surface area (Å²) in [6.07, 6.45) is 5.51. The van der Waals surface area contributed by atoms with Crippen molar-refractivity contribution in [2.75, 3.05) is 34.0 Å². The molecule has 43 heavy (non-hydrogen) atoms. The van der Waals surface area contributed by atoms with Gasteiger partial charge in [0.1, 0.15) is 5.75 Å². The Morgan fingerprint density at radius 3 is 2.56 bits per heavy atom. The van der Waals surface area contributed by atoms with Crippen LogP contribution in [0.4, 0.5) is 0 Å². The molecule has 10 heteroatoms. The molecule has 5 rings (SSSR count). The Bertz CT molecular complexity index is 1470. The number of hydroxylamine groups is 1. The highest BCUT2D eigenvalue weighted by Gasteiger charge is 2.24. The van der Waals surface area contributed by atoms with E-state index in [0.29, 0.717) is 40.3 Å². The number of hydrogen-bond donors (Lipinski definition) is 1. The van der Waals surface area contributed by atoms with Crippen molar-refractivity contribution in [3.63, 3.8) is 0 Å². The van der Waals surface area contributed by atoms with Crippen LogP contribution in [0.5, 0.6) is 17.2 Å². The van der Waals surface area contributed by atoms with Crippen LogP contribution in [0.3, 0.4) is 0 Å². The molecule has 2 aromatic carbocycles. The van der Waals surface area contributed by atoms with Crippen LogP contribution < -0.4 is 19.7 Å². The first-order valence-corrected chi connectivity index (χ1v) is 15.1. The van der Waals surface area contributed by atoms with Crippen LogP contribution >= 0.6 is 11.6 Å². The Balaban J connectivity index is 1.41. The number of amides is 1. The molecule has 0 spiro atoms. The van der Waals surface area contributed by atoms with E-state index in [1.807, 2.05) is 51.4 Å². The third-order valence-corrected chi connectivity index (χ3v) is 8.03. The standard InChI is InChI=1S/C33H38ClN3O6/c1-21-16-29-30(42-20-41-29)19-26(21)25-12-11-24(18-31(38)36-43-33(39)22-8-5-4-6-9-22)35-32(25)23-10-13-27(34)28(17-23)40-15-7-14-37(2)3/h10-13,16-17,19,22H,4-9,14-15,18,20H2,1-3H3,(H,36,38). The first-order chi connectivity index (χ1) is 20.8. The number of fused-ring (bicyclic) bond motifs is 1. The first-order valence-electron chi connectivity index (χ1n) is 14.8. The van der Waals surface area contributed by atoms with Gasteiger partial charge in [-0.25, -0.2) is 4.79 Å². The van der Waals surface area contributed by atoms with Crippen molar-refractivity contribution in [3.8, 4) is 39.6 Å². The predicted octanol–water partition coefficient (Wildman–Crippen LogP) is 6.13. The van der Waals surface area contributed by atoms with Gasteiger partial charge in [0.2, 0.25) is 6.79 Å². The molecule has 1 aliphatic carbocycles. The number of nitrogens with one attached hydrogen (secondary N) is 1. The Hall–Kier alpha value is -3.82. The van der Waals surface area contributed by atoms with E-state index in [1.165, 1.54) is 0 Å². The summed E-state index contributed by atoms with van der Waals surface area (Å²) in [5.41, 5.74) is 7.04. The van der Waals surface area contributed by atoms with Crippen molar-refractivity contribution >= 4 is 23.5 Å². The normalized spacial score (nSPS) is 14.5. The maximum absolute atomic E-state index is 12.8. The highest BCUT2D eigenvalue weighted by Crippen LogP contribution is 2.42. The minimum absolute atomic E-state index is 0.0627. The molecule has 228 valence electrons. The van der Waals surface area contributed by atoms with Crippen molar-refractivity contribution in [2.24, 2.45) is 5.92 Å². The summed E-state index contributed by atoms with van der Waals surface area (Å²) in [5.74, 6) is 0.936. The van der Waals surface area contributed by atoms with Gasteiger partial charge in [0, 0.05) is 17.7 Å². The zero-order valence-corrected chi connectivity index (χ0v) is 25.7. The zero-order valence-electron chi connectivity index (χ0n) is 24.9. The largest absolute Gasteiger partial charge is 0.492 e. The number of pyridine rings is 1. The summed E-state index contributed by atoms with van der Waals surface area (Å²) in [6.45, 7) is 3.59. The second kappa shape index (κ2) is 14.1. The summed E-state index contributed by atoms with van der Waals surface area (Å²) in [4.78, 5) is 37.3. The molecular formula is C33H38ClN3O6. The number of rotatable bonds is 10. The second-order valence-corrected chi connectivity index (χ2v) is 11.7. The molecule has 1 N–H and O–H groups in total. The van der Waals surface area contributed by atoms with Crippen molar-refractivity contribution < 1.29 is 28.6 Å². The van der Waals surface area contributed by atoms with Gasteiger partial charge in [-0.2, -0.15) is 5.48 Å². The Morgan fingerprint density at radius 1 is 1.02 bits per heavy atom. The maximum Gasteiger partial charge on any atom is 0.335 e. The third-order valence-electron chi connectivity index (χ3n) is 7.72. The van der Waals surface area contributed by atoms with Gasteiger partial charge < -0.3 is 23.9 Å². The van der Waals surface area contributed by atoms with Crippen molar-refractivity contribution in [2.45, 2.75) is 51.9 Å². The lowest BCUT2D eigenvalue weighted by Gasteiger charge is -2.19. The van der Waals surface area contributed by atoms with E-state index in [1.54, 1.807) is 12.1 Å². The van der Waals surface area contributed by atoms with Crippen LogP contribution in [0.15, 0.2) is 42.5 Å². The van der Waals surface area contributed by atoms with Gasteiger partial charge in [0.05, 0.1) is 35.4 Å². The van der Waals surface area contributed by atoms with Gasteiger partial charge in [-0.1, -0.05) is 43.0 Å². The summed E-state index contributed by atoms with van der Waals surface area (Å²) in [7, 11) is 4.04. The Labute approximate surface area is 257 Å². The van der Waals surface area contributed by atoms with E-state index in [0.717, 1.165) is 67.3 Å². The minimum atomic E-state index is -0.448. The molecule has 2 aliphatic rings. The number of aromatic nitrogens is 1. The van der Waals surface area contributed by atoms with Crippen molar-refractivity contribution in [3.05, 3.63) is 58.7 Å². The summed E-state index contributed by atoms with van der Waals surface area (Å²) in [6, 6.07) is 13.2. The molecule has 0 radical (unpaired) electrons. The van der Waals surface area contributed by atoms with Crippen molar-refractivity contribution in [1.82, 2.24) is 15.4 Å². The van der Waals surface area contributed by atoms with Crippen molar-refractivity contribution in [1.29, 1.82) is 0 Å². The number of carbonyl (C=O) groups is 2. The highest BCUT2D eigenvalue weighted by molar-refractivity contribution is 6.32.